The van der Waals surface area contributed by atoms with Crippen LogP contribution in [0.15, 0.2) is 47.4 Å². The average molecular weight is 373 g/mol. The van der Waals surface area contributed by atoms with Crippen molar-refractivity contribution in [3.05, 3.63) is 53.6 Å². The molecule has 1 aliphatic heterocycles. The Morgan fingerprint density at radius 1 is 1.12 bits per heavy atom. The summed E-state index contributed by atoms with van der Waals surface area (Å²) in [4.78, 5) is 25.8. The van der Waals surface area contributed by atoms with E-state index in [1.54, 1.807) is 23.1 Å². The van der Waals surface area contributed by atoms with Gasteiger partial charge in [-0.2, -0.15) is 0 Å². The Bertz CT molecular complexity index is 986. The minimum absolute atomic E-state index is 0.0110. The van der Waals surface area contributed by atoms with Gasteiger partial charge in [-0.3, -0.25) is 9.59 Å². The van der Waals surface area contributed by atoms with Gasteiger partial charge in [0, 0.05) is 30.4 Å². The molecule has 136 valence electrons. The lowest BCUT2D eigenvalue weighted by atomic mass is 10.1. The highest BCUT2D eigenvalue weighted by molar-refractivity contribution is 7.89. The maximum atomic E-state index is 12.5. The number of amides is 2. The lowest BCUT2D eigenvalue weighted by Crippen LogP contribution is -2.25. The second kappa shape index (κ2) is 6.89. The van der Waals surface area contributed by atoms with E-state index >= 15 is 0 Å². The molecule has 26 heavy (non-hydrogen) atoms. The lowest BCUT2D eigenvalue weighted by molar-refractivity contribution is -0.116. The quantitative estimate of drug-likeness (QED) is 0.854. The molecule has 0 saturated carbocycles. The maximum absolute atomic E-state index is 12.5. The maximum Gasteiger partial charge on any atom is 0.255 e. The number of nitrogens with one attached hydrogen (secondary N) is 2. The van der Waals surface area contributed by atoms with Crippen molar-refractivity contribution in [2.24, 2.45) is 0 Å². The van der Waals surface area contributed by atoms with E-state index in [4.69, 9.17) is 0 Å². The van der Waals surface area contributed by atoms with Crippen molar-refractivity contribution in [3.8, 4) is 0 Å². The number of benzene rings is 2. The summed E-state index contributed by atoms with van der Waals surface area (Å²) in [6, 6.07) is 11.2. The molecule has 0 atom stereocenters. The fraction of sp³-hybridized carbons (Fsp3) is 0.222. The van der Waals surface area contributed by atoms with Crippen LogP contribution in [0.5, 0.6) is 0 Å². The number of nitrogens with zero attached hydrogens (tertiary/aromatic N) is 1. The third-order valence-corrected chi connectivity index (χ3v) is 5.70. The summed E-state index contributed by atoms with van der Waals surface area (Å²) in [5.74, 6) is -0.414. The lowest BCUT2D eigenvalue weighted by Gasteiger charge is -2.15. The van der Waals surface area contributed by atoms with Crippen molar-refractivity contribution >= 4 is 33.2 Å². The van der Waals surface area contributed by atoms with Crippen molar-refractivity contribution in [2.75, 3.05) is 23.8 Å². The predicted octanol–water partition coefficient (Wildman–Crippen LogP) is 1.76. The van der Waals surface area contributed by atoms with E-state index in [0.29, 0.717) is 12.2 Å². The summed E-state index contributed by atoms with van der Waals surface area (Å²) in [5, 5.41) is 2.77. The fourth-order valence-corrected chi connectivity index (χ4v) is 3.71. The van der Waals surface area contributed by atoms with E-state index in [2.05, 4.69) is 10.0 Å². The highest BCUT2D eigenvalue weighted by Crippen LogP contribution is 2.30. The Morgan fingerprint density at radius 2 is 1.88 bits per heavy atom. The van der Waals surface area contributed by atoms with Gasteiger partial charge in [0.25, 0.3) is 5.91 Å². The van der Waals surface area contributed by atoms with Crippen LogP contribution in [0.4, 0.5) is 11.4 Å². The number of hydrogen-bond acceptors (Lipinski definition) is 4. The zero-order chi connectivity index (χ0) is 18.9. The first-order valence-electron chi connectivity index (χ1n) is 8.08. The molecule has 2 amide bonds. The Kier molecular flexibility index (Phi) is 4.80. The number of carbonyl (C=O) groups is 2. The third kappa shape index (κ3) is 3.47. The molecule has 1 aliphatic rings. The molecule has 2 aromatic carbocycles. The largest absolute Gasteiger partial charge is 0.322 e. The second-order valence-electron chi connectivity index (χ2n) is 5.95. The van der Waals surface area contributed by atoms with E-state index in [1.165, 1.54) is 32.2 Å². The predicted molar refractivity (Wildman–Crippen MR) is 98.8 cm³/mol. The number of rotatable bonds is 4. The second-order valence-corrected chi connectivity index (χ2v) is 7.84. The topological polar surface area (TPSA) is 95.6 Å². The van der Waals surface area contributed by atoms with Crippen molar-refractivity contribution in [2.45, 2.75) is 18.2 Å². The Morgan fingerprint density at radius 3 is 2.58 bits per heavy atom. The van der Waals surface area contributed by atoms with Crippen molar-refractivity contribution in [1.82, 2.24) is 4.72 Å². The van der Waals surface area contributed by atoms with E-state index < -0.39 is 15.9 Å². The van der Waals surface area contributed by atoms with Gasteiger partial charge < -0.3 is 10.2 Å². The zero-order valence-corrected chi connectivity index (χ0v) is 15.3. The summed E-state index contributed by atoms with van der Waals surface area (Å²) in [6.07, 6.45) is 0.731. The molecule has 1 heterocycles. The van der Waals surface area contributed by atoms with Crippen molar-refractivity contribution < 1.29 is 18.0 Å². The van der Waals surface area contributed by atoms with Gasteiger partial charge >= 0.3 is 0 Å². The molecule has 0 aromatic heterocycles. The molecule has 3 rings (SSSR count). The monoisotopic (exact) mass is 373 g/mol. The van der Waals surface area contributed by atoms with Gasteiger partial charge in [-0.05, 0) is 55.4 Å². The summed E-state index contributed by atoms with van der Waals surface area (Å²) in [7, 11) is -2.30. The highest BCUT2D eigenvalue weighted by Gasteiger charge is 2.22. The molecule has 0 radical (unpaired) electrons. The van der Waals surface area contributed by atoms with Crippen LogP contribution in [-0.2, 0) is 21.2 Å². The van der Waals surface area contributed by atoms with E-state index in [1.807, 2.05) is 6.07 Å². The van der Waals surface area contributed by atoms with Crippen LogP contribution in [0.3, 0.4) is 0 Å². The van der Waals surface area contributed by atoms with Gasteiger partial charge in [0.2, 0.25) is 15.9 Å². The first kappa shape index (κ1) is 18.1. The first-order valence-corrected chi connectivity index (χ1v) is 9.56. The fourth-order valence-electron chi connectivity index (χ4n) is 2.93. The summed E-state index contributed by atoms with van der Waals surface area (Å²) >= 11 is 0. The van der Waals surface area contributed by atoms with E-state index in [9.17, 15) is 18.0 Å². The SMILES string of the molecule is CNS(=O)(=O)c1cccc(C(=O)Nc2ccc3c(c2)CCN3C(C)=O)c1. The van der Waals surface area contributed by atoms with Gasteiger partial charge in [0.15, 0.2) is 0 Å². The van der Waals surface area contributed by atoms with Crippen molar-refractivity contribution in [1.29, 1.82) is 0 Å². The zero-order valence-electron chi connectivity index (χ0n) is 14.4. The molecule has 0 spiro atoms. The summed E-state index contributed by atoms with van der Waals surface area (Å²) in [5.41, 5.74) is 2.69. The van der Waals surface area contributed by atoms with Crippen LogP contribution in [0, 0.1) is 0 Å². The normalized spacial score (nSPS) is 13.4. The molecule has 0 fully saturated rings. The van der Waals surface area contributed by atoms with Gasteiger partial charge in [-0.25, -0.2) is 13.1 Å². The number of hydrogen-bond donors (Lipinski definition) is 2. The number of carbonyl (C=O) groups excluding carboxylic acids is 2. The molecular formula is C18H19N3O4S. The third-order valence-electron chi connectivity index (χ3n) is 4.29. The molecule has 0 bridgehead atoms. The first-order chi connectivity index (χ1) is 12.3. The molecular weight excluding hydrogens is 354 g/mol. The molecule has 2 aromatic rings. The van der Waals surface area contributed by atoms with Gasteiger partial charge in [0.1, 0.15) is 0 Å². The molecule has 0 saturated heterocycles. The molecule has 2 N–H and O–H groups in total. The van der Waals surface area contributed by atoms with Crippen LogP contribution < -0.4 is 14.9 Å². The van der Waals surface area contributed by atoms with Gasteiger partial charge in [-0.15, -0.1) is 0 Å². The Labute approximate surface area is 152 Å². The molecule has 0 unspecified atom stereocenters. The van der Waals surface area contributed by atoms with E-state index in [0.717, 1.165) is 17.7 Å². The van der Waals surface area contributed by atoms with Crippen LogP contribution in [-0.4, -0.2) is 33.8 Å². The van der Waals surface area contributed by atoms with Crippen LogP contribution in [0.2, 0.25) is 0 Å². The Hall–Kier alpha value is -2.71. The molecule has 8 heteroatoms. The molecule has 0 aliphatic carbocycles. The van der Waals surface area contributed by atoms with Crippen LogP contribution in [0.25, 0.3) is 0 Å². The van der Waals surface area contributed by atoms with Crippen LogP contribution in [0.1, 0.15) is 22.8 Å². The van der Waals surface area contributed by atoms with E-state index in [-0.39, 0.29) is 16.4 Å². The standard InChI is InChI=1S/C18H19N3O4S/c1-12(22)21-9-8-13-10-15(6-7-17(13)21)20-18(23)14-4-3-5-16(11-14)26(24,25)19-2/h3-7,10-11,19H,8-9H2,1-2H3,(H,20,23). The minimum atomic E-state index is -3.62. The smallest absolute Gasteiger partial charge is 0.255 e. The highest BCUT2D eigenvalue weighted by atomic mass is 32.2. The summed E-state index contributed by atoms with van der Waals surface area (Å²) < 4.78 is 26.0. The number of sulfonamides is 1. The van der Waals surface area contributed by atoms with Crippen molar-refractivity contribution in [3.63, 3.8) is 0 Å². The number of anilines is 2. The van der Waals surface area contributed by atoms with Gasteiger partial charge in [0.05, 0.1) is 4.90 Å². The van der Waals surface area contributed by atoms with Gasteiger partial charge in [-0.1, -0.05) is 6.07 Å². The molecule has 7 nitrogen and oxygen atoms in total. The average Bonchev–Trinajstić information content (AvgIpc) is 3.05. The number of fused-ring (bicyclic) bond motifs is 1. The Balaban J connectivity index is 1.81. The summed E-state index contributed by atoms with van der Waals surface area (Å²) in [6.45, 7) is 2.16. The minimum Gasteiger partial charge on any atom is -0.322 e. The van der Waals surface area contributed by atoms with Crippen LogP contribution >= 0.6 is 0 Å².